The molecule has 1 aliphatic heterocycles. The zero-order valence-electron chi connectivity index (χ0n) is 12.2. The summed E-state index contributed by atoms with van der Waals surface area (Å²) in [6.07, 6.45) is 4.05. The number of rotatable bonds is 5. The molecule has 0 unspecified atom stereocenters. The topological polar surface area (TPSA) is 45.6 Å². The molecule has 1 N–H and O–H groups in total. The smallest absolute Gasteiger partial charge is 0.122 e. The standard InChI is InChI=1S/C17H19ClN2O2/c18-14-3-1-2-13(10-14)17(21)12-20-9-6-16(11-20)22-15-4-7-19-8-5-15/h1-5,7-8,10,16-17,21H,6,9,11-12H2/t16-,17-/m0/s1. The SMILES string of the molecule is O[C@@H](CN1CC[C@H](Oc2ccncc2)C1)c1cccc(Cl)c1. The van der Waals surface area contributed by atoms with Crippen LogP contribution in [0.3, 0.4) is 0 Å². The van der Waals surface area contributed by atoms with Crippen molar-refractivity contribution in [3.63, 3.8) is 0 Å². The third-order valence-corrected chi connectivity index (χ3v) is 4.08. The first-order valence-electron chi connectivity index (χ1n) is 7.43. The van der Waals surface area contributed by atoms with Gasteiger partial charge in [0.2, 0.25) is 0 Å². The van der Waals surface area contributed by atoms with Gasteiger partial charge in [0.1, 0.15) is 11.9 Å². The van der Waals surface area contributed by atoms with Crippen LogP contribution >= 0.6 is 11.6 Å². The predicted molar refractivity (Wildman–Crippen MR) is 86.1 cm³/mol. The highest BCUT2D eigenvalue weighted by molar-refractivity contribution is 6.30. The number of hydrogen-bond acceptors (Lipinski definition) is 4. The number of ether oxygens (including phenoxy) is 1. The van der Waals surface area contributed by atoms with Gasteiger partial charge in [-0.05, 0) is 36.2 Å². The molecule has 0 radical (unpaired) electrons. The van der Waals surface area contributed by atoms with Gasteiger partial charge >= 0.3 is 0 Å². The molecular formula is C17H19ClN2O2. The Balaban J connectivity index is 1.52. The second-order valence-corrected chi connectivity index (χ2v) is 5.98. The maximum absolute atomic E-state index is 10.3. The number of aliphatic hydroxyl groups is 1. The van der Waals surface area contributed by atoms with Crippen molar-refractivity contribution in [2.24, 2.45) is 0 Å². The Labute approximate surface area is 135 Å². The molecule has 3 rings (SSSR count). The lowest BCUT2D eigenvalue weighted by molar-refractivity contribution is 0.117. The highest BCUT2D eigenvalue weighted by atomic mass is 35.5. The van der Waals surface area contributed by atoms with Crippen molar-refractivity contribution < 1.29 is 9.84 Å². The van der Waals surface area contributed by atoms with E-state index < -0.39 is 6.10 Å². The average molecular weight is 319 g/mol. The van der Waals surface area contributed by atoms with E-state index in [0.717, 1.165) is 30.8 Å². The lowest BCUT2D eigenvalue weighted by Gasteiger charge is -2.20. The second kappa shape index (κ2) is 7.09. The number of β-amino-alcohol motifs (C(OH)–C–C–N with tert-alkyl or cyclic N) is 1. The Morgan fingerprint density at radius 3 is 2.91 bits per heavy atom. The number of nitrogens with zero attached hydrogens (tertiary/aromatic N) is 2. The van der Waals surface area contributed by atoms with E-state index in [0.29, 0.717) is 11.6 Å². The third-order valence-electron chi connectivity index (χ3n) is 3.85. The summed E-state index contributed by atoms with van der Waals surface area (Å²) in [6.45, 7) is 2.34. The Morgan fingerprint density at radius 2 is 2.14 bits per heavy atom. The Hall–Kier alpha value is -1.62. The van der Waals surface area contributed by atoms with Crippen LogP contribution in [0.4, 0.5) is 0 Å². The number of benzene rings is 1. The lowest BCUT2D eigenvalue weighted by Crippen LogP contribution is -2.29. The molecular weight excluding hydrogens is 300 g/mol. The number of hydrogen-bond donors (Lipinski definition) is 1. The van der Waals surface area contributed by atoms with Gasteiger partial charge in [-0.1, -0.05) is 23.7 Å². The summed E-state index contributed by atoms with van der Waals surface area (Å²) in [7, 11) is 0. The number of likely N-dealkylation sites (tertiary alicyclic amines) is 1. The van der Waals surface area contributed by atoms with Gasteiger partial charge in [-0.25, -0.2) is 0 Å². The molecule has 1 saturated heterocycles. The average Bonchev–Trinajstić information content (AvgIpc) is 2.95. The molecule has 2 atom stereocenters. The first-order valence-corrected chi connectivity index (χ1v) is 7.81. The van der Waals surface area contributed by atoms with Crippen LogP contribution in [-0.2, 0) is 0 Å². The summed E-state index contributed by atoms with van der Waals surface area (Å²) in [5.74, 6) is 0.845. The summed E-state index contributed by atoms with van der Waals surface area (Å²) in [6, 6.07) is 11.1. The van der Waals surface area contributed by atoms with E-state index in [-0.39, 0.29) is 6.10 Å². The molecule has 0 amide bonds. The van der Waals surface area contributed by atoms with E-state index >= 15 is 0 Å². The fourth-order valence-corrected chi connectivity index (χ4v) is 2.93. The van der Waals surface area contributed by atoms with Crippen molar-refractivity contribution in [3.8, 4) is 5.75 Å². The molecule has 0 aliphatic carbocycles. The van der Waals surface area contributed by atoms with E-state index in [1.54, 1.807) is 12.4 Å². The molecule has 4 nitrogen and oxygen atoms in total. The van der Waals surface area contributed by atoms with Gasteiger partial charge < -0.3 is 9.84 Å². The summed E-state index contributed by atoms with van der Waals surface area (Å²) in [5.41, 5.74) is 0.853. The van der Waals surface area contributed by atoms with Gasteiger partial charge in [0, 0.05) is 37.1 Å². The van der Waals surface area contributed by atoms with Gasteiger partial charge in [-0.2, -0.15) is 0 Å². The van der Waals surface area contributed by atoms with Crippen LogP contribution in [-0.4, -0.2) is 40.7 Å². The van der Waals surface area contributed by atoms with Gasteiger partial charge in [0.25, 0.3) is 0 Å². The van der Waals surface area contributed by atoms with E-state index in [4.69, 9.17) is 16.3 Å². The van der Waals surface area contributed by atoms with Crippen LogP contribution in [0.1, 0.15) is 18.1 Å². The van der Waals surface area contributed by atoms with Gasteiger partial charge in [-0.3, -0.25) is 9.88 Å². The predicted octanol–water partition coefficient (Wildman–Crippen LogP) is 2.92. The quantitative estimate of drug-likeness (QED) is 0.920. The molecule has 22 heavy (non-hydrogen) atoms. The Kier molecular flexibility index (Phi) is 4.93. The van der Waals surface area contributed by atoms with Crippen molar-refractivity contribution in [1.29, 1.82) is 0 Å². The van der Waals surface area contributed by atoms with E-state index in [1.165, 1.54) is 0 Å². The van der Waals surface area contributed by atoms with Crippen LogP contribution in [0.5, 0.6) is 5.75 Å². The molecule has 1 aliphatic rings. The molecule has 2 aromatic rings. The second-order valence-electron chi connectivity index (χ2n) is 5.54. The highest BCUT2D eigenvalue weighted by Crippen LogP contribution is 2.22. The largest absolute Gasteiger partial charge is 0.489 e. The van der Waals surface area contributed by atoms with Crippen LogP contribution in [0.25, 0.3) is 0 Å². The van der Waals surface area contributed by atoms with Crippen LogP contribution in [0.2, 0.25) is 5.02 Å². The van der Waals surface area contributed by atoms with E-state index in [2.05, 4.69) is 9.88 Å². The molecule has 0 spiro atoms. The summed E-state index contributed by atoms with van der Waals surface area (Å²) >= 11 is 5.97. The van der Waals surface area contributed by atoms with E-state index in [1.807, 2.05) is 36.4 Å². The van der Waals surface area contributed by atoms with Crippen molar-refractivity contribution in [2.75, 3.05) is 19.6 Å². The van der Waals surface area contributed by atoms with Crippen molar-refractivity contribution in [3.05, 3.63) is 59.4 Å². The molecule has 5 heteroatoms. The maximum Gasteiger partial charge on any atom is 0.122 e. The minimum atomic E-state index is -0.529. The monoisotopic (exact) mass is 318 g/mol. The Morgan fingerprint density at radius 1 is 1.32 bits per heavy atom. The zero-order valence-corrected chi connectivity index (χ0v) is 13.0. The fraction of sp³-hybridized carbons (Fsp3) is 0.353. The summed E-state index contributed by atoms with van der Waals surface area (Å²) in [5, 5.41) is 11.0. The molecule has 116 valence electrons. The molecule has 1 aromatic carbocycles. The van der Waals surface area contributed by atoms with Gasteiger partial charge in [-0.15, -0.1) is 0 Å². The van der Waals surface area contributed by atoms with Crippen LogP contribution in [0.15, 0.2) is 48.8 Å². The fourth-order valence-electron chi connectivity index (χ4n) is 2.73. The maximum atomic E-state index is 10.3. The van der Waals surface area contributed by atoms with Crippen molar-refractivity contribution in [2.45, 2.75) is 18.6 Å². The molecule has 0 bridgehead atoms. The van der Waals surface area contributed by atoms with Crippen molar-refractivity contribution in [1.82, 2.24) is 9.88 Å². The summed E-state index contributed by atoms with van der Waals surface area (Å²) in [4.78, 5) is 6.20. The van der Waals surface area contributed by atoms with Gasteiger partial charge in [0.15, 0.2) is 0 Å². The van der Waals surface area contributed by atoms with Gasteiger partial charge in [0.05, 0.1) is 6.10 Å². The molecule has 1 aromatic heterocycles. The normalized spacial score (nSPS) is 20.0. The number of aromatic nitrogens is 1. The first kappa shape index (κ1) is 15.3. The van der Waals surface area contributed by atoms with Crippen LogP contribution in [0, 0.1) is 0 Å². The number of aliphatic hydroxyl groups excluding tert-OH is 1. The van der Waals surface area contributed by atoms with Crippen LogP contribution < -0.4 is 4.74 Å². The summed E-state index contributed by atoms with van der Waals surface area (Å²) < 4.78 is 5.93. The Bertz CT molecular complexity index is 609. The molecule has 2 heterocycles. The number of halogens is 1. The minimum absolute atomic E-state index is 0.161. The highest BCUT2D eigenvalue weighted by Gasteiger charge is 2.26. The molecule has 1 fully saturated rings. The zero-order chi connectivity index (χ0) is 15.4. The van der Waals surface area contributed by atoms with Crippen molar-refractivity contribution >= 4 is 11.6 Å². The third kappa shape index (κ3) is 3.97. The van der Waals surface area contributed by atoms with E-state index in [9.17, 15) is 5.11 Å². The lowest BCUT2D eigenvalue weighted by atomic mass is 10.1. The molecule has 0 saturated carbocycles. The first-order chi connectivity index (χ1) is 10.7. The number of pyridine rings is 1. The minimum Gasteiger partial charge on any atom is -0.489 e.